The summed E-state index contributed by atoms with van der Waals surface area (Å²) in [5.74, 6) is 0.760. The summed E-state index contributed by atoms with van der Waals surface area (Å²) in [5.41, 5.74) is 2.67. The second-order valence-corrected chi connectivity index (χ2v) is 8.49. The van der Waals surface area contributed by atoms with Gasteiger partial charge in [-0.1, -0.05) is 12.1 Å². The van der Waals surface area contributed by atoms with E-state index in [4.69, 9.17) is 9.47 Å². The first-order valence-corrected chi connectivity index (χ1v) is 11.2. The highest BCUT2D eigenvalue weighted by molar-refractivity contribution is 5.89. The number of rotatable bonds is 6. The summed E-state index contributed by atoms with van der Waals surface area (Å²) in [5, 5.41) is 0. The molecule has 0 saturated carbocycles. The molecule has 5 rings (SSSR count). The number of imidazole rings is 1. The van der Waals surface area contributed by atoms with Gasteiger partial charge in [0.25, 0.3) is 0 Å². The first-order chi connectivity index (χ1) is 15.6. The molecule has 3 heterocycles. The minimum absolute atomic E-state index is 0.0267. The number of hydrogen-bond acceptors (Lipinski definition) is 5. The van der Waals surface area contributed by atoms with Crippen LogP contribution in [0, 0.1) is 0 Å². The number of likely N-dealkylation sites (tertiary alicyclic amines) is 1. The second kappa shape index (κ2) is 8.70. The van der Waals surface area contributed by atoms with Crippen LogP contribution in [0.1, 0.15) is 25.3 Å². The Morgan fingerprint density at radius 1 is 1.06 bits per heavy atom. The predicted molar refractivity (Wildman–Crippen MR) is 122 cm³/mol. The minimum Gasteiger partial charge on any atom is -0.497 e. The number of nitrogens with zero attached hydrogens (tertiary/aromatic N) is 3. The fraction of sp³-hybridized carbons (Fsp3) is 0.417. The molecule has 168 valence electrons. The molecule has 1 atom stereocenters. The van der Waals surface area contributed by atoms with Crippen molar-refractivity contribution in [1.82, 2.24) is 14.5 Å². The van der Waals surface area contributed by atoms with Gasteiger partial charge in [-0.2, -0.15) is 0 Å². The van der Waals surface area contributed by atoms with Crippen LogP contribution in [-0.2, 0) is 4.74 Å². The lowest BCUT2D eigenvalue weighted by atomic mass is 10.0. The lowest BCUT2D eigenvalue weighted by Crippen LogP contribution is -2.38. The zero-order valence-electron chi connectivity index (χ0n) is 18.2. The molecule has 2 saturated heterocycles. The number of amides is 1. The predicted octanol–water partition coefficient (Wildman–Crippen LogP) is 3.39. The summed E-state index contributed by atoms with van der Waals surface area (Å²) in [4.78, 5) is 31.8. The standard InChI is InChI=1S/C24H28N4O4/c1-31-19-8-6-17(7-9-19)27-16-20(32-24(27)30)12-15-26-13-10-18(11-14-26)28-22-5-3-2-4-21(22)25-23(28)29/h2-9,18,20H,10-16H2,1H3,(H,25,29). The van der Waals surface area contributed by atoms with Gasteiger partial charge in [-0.3, -0.25) is 9.47 Å². The van der Waals surface area contributed by atoms with Crippen molar-refractivity contribution in [3.05, 3.63) is 59.0 Å². The third kappa shape index (κ3) is 3.98. The molecule has 1 N–H and O–H groups in total. The van der Waals surface area contributed by atoms with Crippen molar-refractivity contribution in [3.63, 3.8) is 0 Å². The van der Waals surface area contributed by atoms with E-state index in [1.807, 2.05) is 53.1 Å². The van der Waals surface area contributed by atoms with E-state index in [9.17, 15) is 9.59 Å². The maximum Gasteiger partial charge on any atom is 0.414 e. The highest BCUT2D eigenvalue weighted by Crippen LogP contribution is 2.27. The molecule has 1 amide bonds. The number of ether oxygens (including phenoxy) is 2. The van der Waals surface area contributed by atoms with E-state index in [1.54, 1.807) is 12.0 Å². The van der Waals surface area contributed by atoms with Gasteiger partial charge in [0.2, 0.25) is 0 Å². The zero-order chi connectivity index (χ0) is 22.1. The van der Waals surface area contributed by atoms with Gasteiger partial charge in [0, 0.05) is 31.4 Å². The SMILES string of the molecule is COc1ccc(N2CC(CCN3CCC(n4c(=O)[nH]c5ccccc54)CC3)OC2=O)cc1. The van der Waals surface area contributed by atoms with E-state index in [0.717, 1.165) is 61.4 Å². The molecule has 2 aromatic carbocycles. The van der Waals surface area contributed by atoms with Crippen LogP contribution < -0.4 is 15.3 Å². The van der Waals surface area contributed by atoms with Crippen molar-refractivity contribution in [2.24, 2.45) is 0 Å². The summed E-state index contributed by atoms with van der Waals surface area (Å²) in [7, 11) is 1.62. The first-order valence-electron chi connectivity index (χ1n) is 11.2. The van der Waals surface area contributed by atoms with E-state index in [1.165, 1.54) is 0 Å². The first kappa shape index (κ1) is 20.6. The molecule has 32 heavy (non-hydrogen) atoms. The van der Waals surface area contributed by atoms with Crippen LogP contribution in [-0.4, -0.2) is 59.9 Å². The fourth-order valence-electron chi connectivity index (χ4n) is 4.81. The topological polar surface area (TPSA) is 79.8 Å². The molecule has 0 bridgehead atoms. The Labute approximate surface area is 186 Å². The number of piperidine rings is 1. The van der Waals surface area contributed by atoms with Crippen molar-refractivity contribution in [1.29, 1.82) is 0 Å². The van der Waals surface area contributed by atoms with E-state index < -0.39 is 0 Å². The Bertz CT molecular complexity index is 1140. The molecule has 0 aliphatic carbocycles. The second-order valence-electron chi connectivity index (χ2n) is 8.49. The van der Waals surface area contributed by atoms with Gasteiger partial charge in [0.1, 0.15) is 11.9 Å². The number of nitrogens with one attached hydrogen (secondary N) is 1. The van der Waals surface area contributed by atoms with Crippen LogP contribution in [0.5, 0.6) is 5.75 Å². The van der Waals surface area contributed by atoms with Crippen molar-refractivity contribution in [2.75, 3.05) is 38.2 Å². The lowest BCUT2D eigenvalue weighted by molar-refractivity contribution is 0.117. The van der Waals surface area contributed by atoms with Crippen molar-refractivity contribution in [2.45, 2.75) is 31.4 Å². The number of methoxy groups -OCH3 is 1. The third-order valence-corrected chi connectivity index (χ3v) is 6.57. The maximum atomic E-state index is 12.5. The Hall–Kier alpha value is -3.26. The molecule has 0 spiro atoms. The van der Waals surface area contributed by atoms with Crippen LogP contribution in [0.3, 0.4) is 0 Å². The normalized spacial score (nSPS) is 20.1. The number of carbonyl (C=O) groups excluding carboxylic acids is 1. The van der Waals surface area contributed by atoms with Crippen molar-refractivity contribution in [3.8, 4) is 5.75 Å². The number of cyclic esters (lactones) is 1. The number of anilines is 1. The van der Waals surface area contributed by atoms with Gasteiger partial charge in [-0.05, 0) is 55.7 Å². The van der Waals surface area contributed by atoms with Crippen LogP contribution >= 0.6 is 0 Å². The van der Waals surface area contributed by atoms with Gasteiger partial charge in [-0.15, -0.1) is 0 Å². The largest absolute Gasteiger partial charge is 0.497 e. The molecule has 1 unspecified atom stereocenters. The summed E-state index contributed by atoms with van der Waals surface area (Å²) in [6, 6.07) is 15.5. The molecular weight excluding hydrogens is 408 g/mol. The summed E-state index contributed by atoms with van der Waals surface area (Å²) >= 11 is 0. The fourth-order valence-corrected chi connectivity index (χ4v) is 4.81. The lowest BCUT2D eigenvalue weighted by Gasteiger charge is -2.32. The molecule has 8 nitrogen and oxygen atoms in total. The quantitative estimate of drug-likeness (QED) is 0.641. The Morgan fingerprint density at radius 2 is 1.81 bits per heavy atom. The van der Waals surface area contributed by atoms with Crippen LogP contribution in [0.4, 0.5) is 10.5 Å². The van der Waals surface area contributed by atoms with Gasteiger partial charge < -0.3 is 19.4 Å². The van der Waals surface area contributed by atoms with E-state index >= 15 is 0 Å². The summed E-state index contributed by atoms with van der Waals surface area (Å²) in [6.45, 7) is 3.30. The van der Waals surface area contributed by atoms with Crippen molar-refractivity contribution >= 4 is 22.8 Å². The number of aromatic nitrogens is 2. The molecule has 1 aromatic heterocycles. The summed E-state index contributed by atoms with van der Waals surface area (Å²) < 4.78 is 12.7. The van der Waals surface area contributed by atoms with E-state index in [-0.39, 0.29) is 23.9 Å². The molecule has 2 fully saturated rings. The number of para-hydroxylation sites is 2. The molecular formula is C24H28N4O4. The molecule has 2 aliphatic rings. The molecule has 8 heteroatoms. The summed E-state index contributed by atoms with van der Waals surface area (Å²) in [6.07, 6.45) is 2.26. The zero-order valence-corrected chi connectivity index (χ0v) is 18.2. The Kier molecular flexibility index (Phi) is 5.61. The average molecular weight is 437 g/mol. The Morgan fingerprint density at radius 3 is 2.56 bits per heavy atom. The monoisotopic (exact) mass is 436 g/mol. The number of H-pyrrole nitrogens is 1. The minimum atomic E-state index is -0.294. The number of carbonyl (C=O) groups is 1. The van der Waals surface area contributed by atoms with Crippen LogP contribution in [0.2, 0.25) is 0 Å². The number of hydrogen-bond donors (Lipinski definition) is 1. The molecule has 2 aliphatic heterocycles. The molecule has 3 aromatic rings. The maximum absolute atomic E-state index is 12.5. The van der Waals surface area contributed by atoms with Crippen LogP contribution in [0.15, 0.2) is 53.3 Å². The van der Waals surface area contributed by atoms with Crippen molar-refractivity contribution < 1.29 is 14.3 Å². The van der Waals surface area contributed by atoms with E-state index in [2.05, 4.69) is 9.88 Å². The third-order valence-electron chi connectivity index (χ3n) is 6.57. The molecule has 0 radical (unpaired) electrons. The Balaban J connectivity index is 1.14. The highest BCUT2D eigenvalue weighted by atomic mass is 16.6. The number of fused-ring (bicyclic) bond motifs is 1. The van der Waals surface area contributed by atoms with Gasteiger partial charge >= 0.3 is 11.8 Å². The highest BCUT2D eigenvalue weighted by Gasteiger charge is 2.33. The average Bonchev–Trinajstić information content (AvgIpc) is 3.36. The number of benzene rings is 2. The smallest absolute Gasteiger partial charge is 0.414 e. The van der Waals surface area contributed by atoms with Crippen LogP contribution in [0.25, 0.3) is 11.0 Å². The van der Waals surface area contributed by atoms with Gasteiger partial charge in [-0.25, -0.2) is 9.59 Å². The van der Waals surface area contributed by atoms with E-state index in [0.29, 0.717) is 6.54 Å². The van der Waals surface area contributed by atoms with Gasteiger partial charge in [0.05, 0.1) is 24.7 Å². The number of aromatic amines is 1. The van der Waals surface area contributed by atoms with Gasteiger partial charge in [0.15, 0.2) is 0 Å².